The molecule has 1 rings (SSSR count). The summed E-state index contributed by atoms with van der Waals surface area (Å²) in [4.78, 5) is 25.3. The monoisotopic (exact) mass is 298 g/mol. The lowest BCUT2D eigenvalue weighted by Crippen LogP contribution is -2.40. The van der Waals surface area contributed by atoms with Crippen molar-refractivity contribution in [3.8, 4) is 0 Å². The predicted octanol–water partition coefficient (Wildman–Crippen LogP) is 2.75. The summed E-state index contributed by atoms with van der Waals surface area (Å²) in [5, 5.41) is 13.3. The van der Waals surface area contributed by atoms with E-state index in [0.717, 1.165) is 17.9 Å². The van der Waals surface area contributed by atoms with Gasteiger partial charge in [0, 0.05) is 12.6 Å². The van der Waals surface area contributed by atoms with Gasteiger partial charge in [-0.2, -0.15) is 0 Å². The Morgan fingerprint density at radius 1 is 1.35 bits per heavy atom. The van der Waals surface area contributed by atoms with Gasteiger partial charge in [0.15, 0.2) is 0 Å². The fourth-order valence-corrected chi connectivity index (χ4v) is 2.56. The standard InChI is InChI=1S/C14H22N2O3S/c1-9(2)7-16(10(3)4)8-12(17)15-11-5-6-20-13(11)14(18)19/h5-6,9-10H,7-8H2,1-4H3,(H,15,17)(H,18,19). The lowest BCUT2D eigenvalue weighted by molar-refractivity contribution is -0.117. The Morgan fingerprint density at radius 2 is 2.00 bits per heavy atom. The number of hydrogen-bond acceptors (Lipinski definition) is 4. The van der Waals surface area contributed by atoms with E-state index in [1.54, 1.807) is 11.4 Å². The fraction of sp³-hybridized carbons (Fsp3) is 0.571. The summed E-state index contributed by atoms with van der Waals surface area (Å²) in [7, 11) is 0. The van der Waals surface area contributed by atoms with E-state index in [-0.39, 0.29) is 23.4 Å². The molecule has 112 valence electrons. The molecule has 0 aliphatic heterocycles. The molecular formula is C14H22N2O3S. The largest absolute Gasteiger partial charge is 0.477 e. The van der Waals surface area contributed by atoms with Gasteiger partial charge in [-0.3, -0.25) is 9.69 Å². The van der Waals surface area contributed by atoms with Crippen molar-refractivity contribution in [3.63, 3.8) is 0 Å². The summed E-state index contributed by atoms with van der Waals surface area (Å²) >= 11 is 1.11. The van der Waals surface area contributed by atoms with Gasteiger partial charge in [0.2, 0.25) is 5.91 Å². The Bertz CT molecular complexity index is 469. The summed E-state index contributed by atoms with van der Waals surface area (Å²) in [6, 6.07) is 1.89. The molecule has 20 heavy (non-hydrogen) atoms. The number of carbonyl (C=O) groups excluding carboxylic acids is 1. The van der Waals surface area contributed by atoms with E-state index in [1.807, 2.05) is 13.8 Å². The highest BCUT2D eigenvalue weighted by atomic mass is 32.1. The van der Waals surface area contributed by atoms with Gasteiger partial charge in [0.1, 0.15) is 4.88 Å². The van der Waals surface area contributed by atoms with Crippen LogP contribution in [0.4, 0.5) is 5.69 Å². The van der Waals surface area contributed by atoms with Crippen LogP contribution in [0.15, 0.2) is 11.4 Å². The van der Waals surface area contributed by atoms with Crippen LogP contribution in [-0.4, -0.2) is 41.0 Å². The van der Waals surface area contributed by atoms with Crippen LogP contribution in [-0.2, 0) is 4.79 Å². The molecule has 1 aromatic rings. The highest BCUT2D eigenvalue weighted by Crippen LogP contribution is 2.22. The Morgan fingerprint density at radius 3 is 2.50 bits per heavy atom. The number of hydrogen-bond donors (Lipinski definition) is 2. The maximum atomic E-state index is 12.0. The van der Waals surface area contributed by atoms with Crippen molar-refractivity contribution in [3.05, 3.63) is 16.3 Å². The molecule has 0 bridgehead atoms. The third kappa shape index (κ3) is 4.94. The molecule has 5 nitrogen and oxygen atoms in total. The zero-order chi connectivity index (χ0) is 15.3. The highest BCUT2D eigenvalue weighted by molar-refractivity contribution is 7.12. The zero-order valence-corrected chi connectivity index (χ0v) is 13.2. The molecule has 0 fully saturated rings. The van der Waals surface area contributed by atoms with E-state index in [9.17, 15) is 9.59 Å². The van der Waals surface area contributed by atoms with E-state index < -0.39 is 5.97 Å². The normalized spacial score (nSPS) is 11.3. The van der Waals surface area contributed by atoms with Crippen molar-refractivity contribution in [2.45, 2.75) is 33.7 Å². The number of carbonyl (C=O) groups is 2. The number of aromatic carboxylic acids is 1. The molecule has 6 heteroatoms. The van der Waals surface area contributed by atoms with E-state index in [2.05, 4.69) is 24.1 Å². The SMILES string of the molecule is CC(C)CN(CC(=O)Nc1ccsc1C(=O)O)C(C)C. The van der Waals surface area contributed by atoms with E-state index in [4.69, 9.17) is 5.11 Å². The maximum absolute atomic E-state index is 12.0. The second-order valence-electron chi connectivity index (χ2n) is 5.43. The molecule has 0 saturated heterocycles. The minimum absolute atomic E-state index is 0.165. The van der Waals surface area contributed by atoms with E-state index in [1.165, 1.54) is 0 Å². The molecule has 1 heterocycles. The molecule has 0 unspecified atom stereocenters. The first kappa shape index (κ1) is 16.7. The Balaban J connectivity index is 2.66. The number of carboxylic acids is 1. The van der Waals surface area contributed by atoms with Gasteiger partial charge in [0.05, 0.1) is 12.2 Å². The summed E-state index contributed by atoms with van der Waals surface area (Å²) in [6.45, 7) is 9.40. The lowest BCUT2D eigenvalue weighted by Gasteiger charge is -2.27. The summed E-state index contributed by atoms with van der Waals surface area (Å²) in [5.41, 5.74) is 0.376. The third-order valence-electron chi connectivity index (χ3n) is 2.81. The second-order valence-corrected chi connectivity index (χ2v) is 6.35. The lowest BCUT2D eigenvalue weighted by atomic mass is 10.2. The van der Waals surface area contributed by atoms with Gasteiger partial charge < -0.3 is 10.4 Å². The van der Waals surface area contributed by atoms with Crippen molar-refractivity contribution >= 4 is 28.9 Å². The first-order chi connectivity index (χ1) is 9.31. The van der Waals surface area contributed by atoms with Crippen LogP contribution in [0.3, 0.4) is 0 Å². The van der Waals surface area contributed by atoms with Crippen molar-refractivity contribution in [2.75, 3.05) is 18.4 Å². The minimum atomic E-state index is -1.02. The number of nitrogens with one attached hydrogen (secondary N) is 1. The van der Waals surface area contributed by atoms with Gasteiger partial charge in [0.25, 0.3) is 0 Å². The molecule has 0 radical (unpaired) electrons. The van der Waals surface area contributed by atoms with E-state index >= 15 is 0 Å². The van der Waals surface area contributed by atoms with Crippen LogP contribution in [0.25, 0.3) is 0 Å². The zero-order valence-electron chi connectivity index (χ0n) is 12.3. The van der Waals surface area contributed by atoms with Crippen LogP contribution in [0, 0.1) is 5.92 Å². The molecular weight excluding hydrogens is 276 g/mol. The van der Waals surface area contributed by atoms with Crippen LogP contribution in [0.1, 0.15) is 37.4 Å². The molecule has 0 aliphatic carbocycles. The molecule has 0 spiro atoms. The Labute approximate surface area is 123 Å². The number of amides is 1. The Hall–Kier alpha value is -1.40. The maximum Gasteiger partial charge on any atom is 0.348 e. The Kier molecular flexibility index (Phi) is 6.16. The molecule has 0 saturated carbocycles. The van der Waals surface area contributed by atoms with Crippen molar-refractivity contribution < 1.29 is 14.7 Å². The molecule has 0 aliphatic rings. The average Bonchev–Trinajstić information content (AvgIpc) is 2.75. The second kappa shape index (κ2) is 7.40. The number of rotatable bonds is 7. The topological polar surface area (TPSA) is 69.6 Å². The molecule has 0 aromatic carbocycles. The number of thiophene rings is 1. The van der Waals surface area contributed by atoms with Gasteiger partial charge in [-0.15, -0.1) is 11.3 Å². The highest BCUT2D eigenvalue weighted by Gasteiger charge is 2.18. The summed E-state index contributed by atoms with van der Waals surface area (Å²) in [5.74, 6) is -0.723. The van der Waals surface area contributed by atoms with Crippen LogP contribution in [0.5, 0.6) is 0 Å². The van der Waals surface area contributed by atoms with E-state index in [0.29, 0.717) is 11.6 Å². The molecule has 1 aromatic heterocycles. The molecule has 1 amide bonds. The quantitative estimate of drug-likeness (QED) is 0.812. The number of anilines is 1. The van der Waals surface area contributed by atoms with Crippen LogP contribution in [0.2, 0.25) is 0 Å². The van der Waals surface area contributed by atoms with Crippen molar-refractivity contribution in [2.24, 2.45) is 5.92 Å². The van der Waals surface area contributed by atoms with Gasteiger partial charge >= 0.3 is 5.97 Å². The minimum Gasteiger partial charge on any atom is -0.477 e. The summed E-state index contributed by atoms with van der Waals surface area (Å²) in [6.07, 6.45) is 0. The smallest absolute Gasteiger partial charge is 0.348 e. The van der Waals surface area contributed by atoms with Crippen LogP contribution >= 0.6 is 11.3 Å². The predicted molar refractivity (Wildman–Crippen MR) is 81.5 cm³/mol. The number of carboxylic acid groups (broad SMARTS) is 1. The first-order valence-electron chi connectivity index (χ1n) is 6.66. The van der Waals surface area contributed by atoms with Crippen molar-refractivity contribution in [1.82, 2.24) is 4.90 Å². The van der Waals surface area contributed by atoms with Gasteiger partial charge in [-0.1, -0.05) is 13.8 Å². The van der Waals surface area contributed by atoms with Crippen LogP contribution < -0.4 is 5.32 Å². The third-order valence-corrected chi connectivity index (χ3v) is 3.71. The molecule has 2 N–H and O–H groups in total. The van der Waals surface area contributed by atoms with Crippen molar-refractivity contribution in [1.29, 1.82) is 0 Å². The summed E-state index contributed by atoms with van der Waals surface area (Å²) < 4.78 is 0. The molecule has 0 atom stereocenters. The average molecular weight is 298 g/mol. The fourth-order valence-electron chi connectivity index (χ4n) is 1.87. The van der Waals surface area contributed by atoms with Gasteiger partial charge in [-0.25, -0.2) is 4.79 Å². The number of nitrogens with zero attached hydrogens (tertiary/aromatic N) is 1. The van der Waals surface area contributed by atoms with Gasteiger partial charge in [-0.05, 0) is 31.2 Å². The first-order valence-corrected chi connectivity index (χ1v) is 7.54.